The zero-order valence-corrected chi connectivity index (χ0v) is 44.3. The second kappa shape index (κ2) is 19.2. The number of halogens is 5. The molecule has 0 aliphatic carbocycles. The van der Waals surface area contributed by atoms with Crippen LogP contribution in [0.15, 0.2) is 72.0 Å². The summed E-state index contributed by atoms with van der Waals surface area (Å²) in [5, 5.41) is 5.30. The van der Waals surface area contributed by atoms with E-state index in [1.54, 1.807) is 45.7 Å². The van der Waals surface area contributed by atoms with Gasteiger partial charge in [-0.1, -0.05) is 23.8 Å². The third-order valence-electron chi connectivity index (χ3n) is 11.5. The molecule has 2 aliphatic rings. The van der Waals surface area contributed by atoms with Crippen LogP contribution in [0.1, 0.15) is 79.0 Å². The van der Waals surface area contributed by atoms with E-state index in [-0.39, 0.29) is 28.9 Å². The highest BCUT2D eigenvalue weighted by Crippen LogP contribution is 2.45. The number of nitrogens with zero attached hydrogens (tertiary/aromatic N) is 6. The summed E-state index contributed by atoms with van der Waals surface area (Å²) < 4.78 is 67.7. The maximum absolute atomic E-state index is 15.0. The number of carbonyl (C=O) groups excluding carboxylic acids is 2. The van der Waals surface area contributed by atoms with E-state index in [9.17, 15) is 22.8 Å². The van der Waals surface area contributed by atoms with Crippen LogP contribution in [-0.2, 0) is 9.47 Å². The molecule has 12 nitrogen and oxygen atoms in total. The van der Waals surface area contributed by atoms with Gasteiger partial charge in [0.1, 0.15) is 43.3 Å². The first kappa shape index (κ1) is 51.4. The van der Waals surface area contributed by atoms with Crippen LogP contribution in [-0.4, -0.2) is 77.3 Å². The molecule has 6 aromatic heterocycles. The van der Waals surface area contributed by atoms with E-state index in [1.165, 1.54) is 57.2 Å². The van der Waals surface area contributed by atoms with Crippen LogP contribution in [0.2, 0.25) is 5.02 Å². The Morgan fingerprint density at radius 2 is 1.15 bits per heavy atom. The summed E-state index contributed by atoms with van der Waals surface area (Å²) in [6.07, 6.45) is 6.74. The highest BCUT2D eigenvalue weighted by Gasteiger charge is 2.43. The summed E-state index contributed by atoms with van der Waals surface area (Å²) in [7, 11) is 0. The summed E-state index contributed by atoms with van der Waals surface area (Å²) in [5.74, 6) is -2.92. The monoisotopic (exact) mass is 1060 g/mol. The number of rotatable bonds is 4. The molecule has 0 saturated heterocycles. The minimum Gasteiger partial charge on any atom is -0.444 e. The van der Waals surface area contributed by atoms with Crippen molar-refractivity contribution in [2.75, 3.05) is 24.1 Å². The number of amides is 2. The number of ether oxygens (including phenoxy) is 2. The molecule has 3 N–H and O–H groups in total. The molecule has 2 amide bonds. The fourth-order valence-electron chi connectivity index (χ4n) is 8.01. The number of nitrogen functional groups attached to an aromatic ring is 1. The normalized spacial score (nSPS) is 15.4. The molecule has 10 rings (SSSR count). The van der Waals surface area contributed by atoms with Gasteiger partial charge in [0.15, 0.2) is 23.3 Å². The number of aromatic nitrogens is 4. The Balaban J connectivity index is 0.000000161. The number of nitrogens with one attached hydrogen (secondary N) is 1. The lowest BCUT2D eigenvalue weighted by atomic mass is 9.94. The molecule has 0 spiro atoms. The van der Waals surface area contributed by atoms with Gasteiger partial charge < -0.3 is 20.5 Å². The van der Waals surface area contributed by atoms with Crippen molar-refractivity contribution in [3.8, 4) is 0 Å². The van der Waals surface area contributed by atoms with Crippen molar-refractivity contribution in [3.63, 3.8) is 0 Å². The molecule has 21 heteroatoms. The van der Waals surface area contributed by atoms with Crippen LogP contribution >= 0.6 is 56.9 Å². The summed E-state index contributed by atoms with van der Waals surface area (Å²) in [6.45, 7) is 20.1. The van der Waals surface area contributed by atoms with Crippen molar-refractivity contribution >= 4 is 138 Å². The lowest BCUT2D eigenvalue weighted by Crippen LogP contribution is -2.46. The zero-order chi connectivity index (χ0) is 51.5. The van der Waals surface area contributed by atoms with Crippen LogP contribution in [0.3, 0.4) is 0 Å². The number of thiophene rings is 2. The smallest absolute Gasteiger partial charge is 0.411 e. The average Bonchev–Trinajstić information content (AvgIpc) is 4.13. The number of benzene rings is 2. The van der Waals surface area contributed by atoms with Crippen molar-refractivity contribution < 1.29 is 36.6 Å². The highest BCUT2D eigenvalue weighted by atomic mass is 35.5. The summed E-state index contributed by atoms with van der Waals surface area (Å²) in [6, 6.07) is 9.95. The van der Waals surface area contributed by atoms with Gasteiger partial charge in [-0.3, -0.25) is 9.80 Å². The average molecular weight is 1070 g/mol. The van der Waals surface area contributed by atoms with Gasteiger partial charge in [0.2, 0.25) is 0 Å². The van der Waals surface area contributed by atoms with Gasteiger partial charge in [0, 0.05) is 46.0 Å². The fraction of sp³-hybridized carbons (Fsp3) is 0.320. The molecular formula is C50H49ClF4N8O4S4. The van der Waals surface area contributed by atoms with Crippen molar-refractivity contribution in [2.24, 2.45) is 0 Å². The predicted molar refractivity (Wildman–Crippen MR) is 281 cm³/mol. The number of hydrogen-bond acceptors (Lipinski definition) is 14. The standard InChI is InChI=1S/C25H24F2N4O2S2.C18H21ClN2O2S.C7H4F2N2S/c1-24(2,3)33-23(32)31-9-7-14(25(31,4)5)17-10-13-16(6-8-28-22(13)35-17)30-20-15(26)11-18-21(19(20)27)29-12-34-18;1-17(2,3)23-16(22)21-9-7-12(18(21,4)5)14-10-11-13(19)6-8-20-15(11)24-14;8-3-1-4-7(11-2-12-4)5(9)6(3)10/h6-8,10-12H,9H2,1-5H3,(H,28,30);6-8,10H,9H2,1-5H3;1-2H,10H2. The van der Waals surface area contributed by atoms with Crippen LogP contribution in [0.25, 0.3) is 52.0 Å². The Bertz CT molecular complexity index is 3440. The number of thiazole rings is 2. The predicted octanol–water partition coefficient (Wildman–Crippen LogP) is 14.9. The second-order valence-electron chi connectivity index (χ2n) is 19.5. The van der Waals surface area contributed by atoms with Crippen molar-refractivity contribution in [1.29, 1.82) is 0 Å². The first-order valence-corrected chi connectivity index (χ1v) is 25.8. The van der Waals surface area contributed by atoms with E-state index < -0.39 is 51.2 Å². The minimum atomic E-state index is -0.772. The number of anilines is 3. The van der Waals surface area contributed by atoms with E-state index in [0.29, 0.717) is 38.0 Å². The van der Waals surface area contributed by atoms with Crippen LogP contribution in [0.4, 0.5) is 44.2 Å². The minimum absolute atomic E-state index is 0.135. The lowest BCUT2D eigenvalue weighted by molar-refractivity contribution is 0.0160. The maximum atomic E-state index is 15.0. The molecule has 2 aromatic carbocycles. The number of fused-ring (bicyclic) bond motifs is 4. The SMILES string of the molecule is CC(C)(C)OC(=O)N1CC=C(c2cc3c(Cl)ccnc3s2)C1(C)C.CC(C)(C)OC(=O)N1CC=C(c2cc3c(Nc4c(F)cc5scnc5c4F)ccnc3s2)C1(C)C.Nc1c(F)cc2scnc2c1F. The first-order chi connectivity index (χ1) is 33.2. The summed E-state index contributed by atoms with van der Waals surface area (Å²) in [5.41, 5.74) is 8.07. The van der Waals surface area contributed by atoms with Crippen molar-refractivity contribution in [1.82, 2.24) is 29.7 Å². The topological polar surface area (TPSA) is 149 Å². The Hall–Kier alpha value is -5.93. The third kappa shape index (κ3) is 10.4. The second-order valence-corrected chi connectivity index (χ2v) is 23.7. The lowest BCUT2D eigenvalue weighted by Gasteiger charge is -2.35. The van der Waals surface area contributed by atoms with Gasteiger partial charge in [-0.2, -0.15) is 0 Å². The van der Waals surface area contributed by atoms with Gasteiger partial charge in [0.05, 0.1) is 42.2 Å². The molecule has 0 unspecified atom stereocenters. The molecule has 0 radical (unpaired) electrons. The van der Waals surface area contributed by atoms with E-state index in [1.807, 2.05) is 81.4 Å². The Labute approximate surface area is 427 Å². The largest absolute Gasteiger partial charge is 0.444 e. The number of carbonyl (C=O) groups is 2. The van der Waals surface area contributed by atoms with Gasteiger partial charge >= 0.3 is 12.2 Å². The third-order valence-corrected chi connectivity index (χ3v) is 15.6. The van der Waals surface area contributed by atoms with Gasteiger partial charge in [-0.15, -0.1) is 45.3 Å². The van der Waals surface area contributed by atoms with E-state index in [2.05, 4.69) is 37.4 Å². The van der Waals surface area contributed by atoms with Crippen LogP contribution in [0.5, 0.6) is 0 Å². The number of hydrogen-bond donors (Lipinski definition) is 2. The summed E-state index contributed by atoms with van der Waals surface area (Å²) >= 11 is 11.7. The molecule has 0 saturated carbocycles. The number of nitrogens with two attached hydrogens (primary N) is 1. The van der Waals surface area contributed by atoms with E-state index in [4.69, 9.17) is 26.8 Å². The Kier molecular flexibility index (Phi) is 13.9. The van der Waals surface area contributed by atoms with Crippen LogP contribution < -0.4 is 11.1 Å². The molecule has 8 aromatic rings. The molecule has 2 aliphatic heterocycles. The maximum Gasteiger partial charge on any atom is 0.411 e. The first-order valence-electron chi connectivity index (χ1n) is 22.1. The Morgan fingerprint density at radius 1 is 0.690 bits per heavy atom. The molecule has 0 atom stereocenters. The quantitative estimate of drug-likeness (QED) is 0.129. The van der Waals surface area contributed by atoms with Crippen LogP contribution in [0, 0.1) is 23.3 Å². The molecule has 372 valence electrons. The molecule has 8 heterocycles. The van der Waals surface area contributed by atoms with Gasteiger partial charge in [-0.25, -0.2) is 47.1 Å². The van der Waals surface area contributed by atoms with Crippen molar-refractivity contribution in [2.45, 2.75) is 91.5 Å². The molecule has 0 bridgehead atoms. The number of pyridine rings is 2. The highest BCUT2D eigenvalue weighted by molar-refractivity contribution is 7.20. The molecule has 0 fully saturated rings. The van der Waals surface area contributed by atoms with E-state index in [0.717, 1.165) is 36.5 Å². The van der Waals surface area contributed by atoms with E-state index >= 15 is 4.39 Å². The fourth-order valence-corrected chi connectivity index (χ4v) is 12.1. The summed E-state index contributed by atoms with van der Waals surface area (Å²) in [4.78, 5) is 49.0. The van der Waals surface area contributed by atoms with Gasteiger partial charge in [-0.05, 0) is 117 Å². The zero-order valence-electron chi connectivity index (χ0n) is 40.3. The van der Waals surface area contributed by atoms with Crippen molar-refractivity contribution in [3.05, 3.63) is 110 Å². The Morgan fingerprint density at radius 3 is 1.66 bits per heavy atom. The van der Waals surface area contributed by atoms with Gasteiger partial charge in [0.25, 0.3) is 0 Å². The molecule has 71 heavy (non-hydrogen) atoms. The molecular weight excluding hydrogens is 1020 g/mol.